The molecule has 148 valence electrons. The maximum absolute atomic E-state index is 11.7. The minimum absolute atomic E-state index is 0.122. The maximum Gasteiger partial charge on any atom is 0.241 e. The number of rotatable bonds is 9. The van der Waals surface area contributed by atoms with Crippen molar-refractivity contribution in [2.24, 2.45) is 5.14 Å². The molecule has 0 aliphatic carbocycles. The van der Waals surface area contributed by atoms with Gasteiger partial charge in [0.2, 0.25) is 10.0 Å². The van der Waals surface area contributed by atoms with Gasteiger partial charge in [-0.2, -0.15) is 0 Å². The van der Waals surface area contributed by atoms with Crippen molar-refractivity contribution >= 4 is 10.0 Å². The van der Waals surface area contributed by atoms with Crippen LogP contribution < -0.4 is 19.9 Å². The molecule has 8 nitrogen and oxygen atoms in total. The average Bonchev–Trinajstić information content (AvgIpc) is 2.64. The smallest absolute Gasteiger partial charge is 0.241 e. The summed E-state index contributed by atoms with van der Waals surface area (Å²) in [5, 5.41) is 28.0. The zero-order chi connectivity index (χ0) is 20.0. The van der Waals surface area contributed by atoms with Gasteiger partial charge in [-0.25, -0.2) is 13.6 Å². The molecule has 2 aromatic carbocycles. The first-order valence-corrected chi connectivity index (χ1v) is 9.81. The van der Waals surface area contributed by atoms with E-state index in [9.17, 15) is 18.6 Å². The van der Waals surface area contributed by atoms with Gasteiger partial charge in [0.15, 0.2) is 0 Å². The molecule has 0 spiro atoms. The lowest BCUT2D eigenvalue weighted by atomic mass is 10.0. The third-order valence-corrected chi connectivity index (χ3v) is 4.92. The van der Waals surface area contributed by atoms with Gasteiger partial charge in [-0.3, -0.25) is 0 Å². The summed E-state index contributed by atoms with van der Waals surface area (Å²) in [5.74, 6) is 0.905. The Labute approximate surface area is 158 Å². The number of nitrogens with one attached hydrogen (secondary N) is 1. The van der Waals surface area contributed by atoms with Crippen molar-refractivity contribution in [2.45, 2.75) is 24.0 Å². The highest BCUT2D eigenvalue weighted by Crippen LogP contribution is 2.27. The molecule has 0 saturated heterocycles. The monoisotopic (exact) mass is 396 g/mol. The van der Waals surface area contributed by atoms with Gasteiger partial charge in [0.1, 0.15) is 28.8 Å². The van der Waals surface area contributed by atoms with E-state index in [0.29, 0.717) is 24.5 Å². The number of phenolic OH excluding ortho intramolecular Hbond substituents is 1. The van der Waals surface area contributed by atoms with E-state index in [1.165, 1.54) is 31.4 Å². The van der Waals surface area contributed by atoms with Crippen molar-refractivity contribution in [3.05, 3.63) is 48.0 Å². The number of hydrogen-bond acceptors (Lipinski definition) is 7. The van der Waals surface area contributed by atoms with Crippen LogP contribution in [0.15, 0.2) is 47.4 Å². The van der Waals surface area contributed by atoms with Crippen LogP contribution in [0.1, 0.15) is 18.6 Å². The quantitative estimate of drug-likeness (QED) is 0.467. The number of primary sulfonamides is 1. The summed E-state index contributed by atoms with van der Waals surface area (Å²) in [7, 11) is -2.63. The molecule has 2 unspecified atom stereocenters. The van der Waals surface area contributed by atoms with E-state index in [2.05, 4.69) is 5.32 Å². The first kappa shape index (κ1) is 21.0. The second kappa shape index (κ2) is 9.05. The van der Waals surface area contributed by atoms with Crippen LogP contribution in [0.25, 0.3) is 0 Å². The molecule has 0 amide bonds. The molecule has 0 aliphatic rings. The molecular weight excluding hydrogens is 372 g/mol. The van der Waals surface area contributed by atoms with Crippen LogP contribution in [-0.2, 0) is 10.0 Å². The van der Waals surface area contributed by atoms with Crippen molar-refractivity contribution in [1.29, 1.82) is 0 Å². The fourth-order valence-corrected chi connectivity index (χ4v) is 3.23. The first-order valence-electron chi connectivity index (χ1n) is 8.26. The summed E-state index contributed by atoms with van der Waals surface area (Å²) in [6.45, 7) is 2.58. The minimum Gasteiger partial charge on any atom is -0.508 e. The summed E-state index contributed by atoms with van der Waals surface area (Å²) in [5.41, 5.74) is 0.402. The fraction of sp³-hybridized carbons (Fsp3) is 0.333. The zero-order valence-corrected chi connectivity index (χ0v) is 15.9. The number of aliphatic hydroxyl groups is 1. The van der Waals surface area contributed by atoms with Gasteiger partial charge < -0.3 is 25.0 Å². The number of methoxy groups -OCH3 is 1. The Morgan fingerprint density at radius 2 is 1.85 bits per heavy atom. The molecule has 0 fully saturated rings. The molecule has 9 heteroatoms. The molecule has 0 bridgehead atoms. The fourth-order valence-electron chi connectivity index (χ4n) is 2.50. The Morgan fingerprint density at radius 3 is 2.44 bits per heavy atom. The predicted molar refractivity (Wildman–Crippen MR) is 100 cm³/mol. The lowest BCUT2D eigenvalue weighted by Gasteiger charge is -2.21. The SMILES string of the molecule is COc1ccc(C(O)C(C)NCCOc2ccc(O)cc2)cc1S(N)(=O)=O. The molecule has 5 N–H and O–H groups in total. The Bertz CT molecular complexity index is 855. The van der Waals surface area contributed by atoms with Gasteiger partial charge in [-0.15, -0.1) is 0 Å². The normalized spacial score (nSPS) is 13.8. The van der Waals surface area contributed by atoms with E-state index in [1.54, 1.807) is 25.1 Å². The van der Waals surface area contributed by atoms with Crippen molar-refractivity contribution in [3.8, 4) is 17.2 Å². The Balaban J connectivity index is 1.94. The van der Waals surface area contributed by atoms with E-state index in [4.69, 9.17) is 14.6 Å². The van der Waals surface area contributed by atoms with Crippen LogP contribution in [0.3, 0.4) is 0 Å². The van der Waals surface area contributed by atoms with E-state index >= 15 is 0 Å². The highest BCUT2D eigenvalue weighted by molar-refractivity contribution is 7.89. The third kappa shape index (κ3) is 5.83. The Morgan fingerprint density at radius 1 is 1.19 bits per heavy atom. The van der Waals surface area contributed by atoms with Crippen molar-refractivity contribution in [1.82, 2.24) is 5.32 Å². The molecule has 0 aromatic heterocycles. The topological polar surface area (TPSA) is 131 Å². The Hall–Kier alpha value is -2.33. The largest absolute Gasteiger partial charge is 0.508 e. The van der Waals surface area contributed by atoms with Gasteiger partial charge >= 0.3 is 0 Å². The van der Waals surface area contributed by atoms with Crippen molar-refractivity contribution < 1.29 is 28.1 Å². The van der Waals surface area contributed by atoms with Gasteiger partial charge in [0.05, 0.1) is 13.2 Å². The summed E-state index contributed by atoms with van der Waals surface area (Å²) >= 11 is 0. The summed E-state index contributed by atoms with van der Waals surface area (Å²) in [4.78, 5) is -0.176. The minimum atomic E-state index is -3.98. The highest BCUT2D eigenvalue weighted by atomic mass is 32.2. The number of nitrogens with two attached hydrogens (primary N) is 1. The molecule has 0 heterocycles. The maximum atomic E-state index is 11.7. The van der Waals surface area contributed by atoms with Crippen molar-refractivity contribution in [3.63, 3.8) is 0 Å². The summed E-state index contributed by atoms with van der Waals surface area (Å²) in [6, 6.07) is 10.4. The van der Waals surface area contributed by atoms with E-state index in [1.807, 2.05) is 0 Å². The molecule has 2 aromatic rings. The zero-order valence-electron chi connectivity index (χ0n) is 15.1. The number of hydrogen-bond donors (Lipinski definition) is 4. The van der Waals surface area contributed by atoms with Gasteiger partial charge in [0.25, 0.3) is 0 Å². The molecule has 27 heavy (non-hydrogen) atoms. The lowest BCUT2D eigenvalue weighted by molar-refractivity contribution is 0.133. The molecule has 2 atom stereocenters. The second-order valence-corrected chi connectivity index (χ2v) is 7.52. The van der Waals surface area contributed by atoms with E-state index in [0.717, 1.165) is 0 Å². The van der Waals surface area contributed by atoms with Crippen molar-refractivity contribution in [2.75, 3.05) is 20.3 Å². The van der Waals surface area contributed by atoms with Crippen LogP contribution in [0, 0.1) is 0 Å². The van der Waals surface area contributed by atoms with Gasteiger partial charge in [-0.1, -0.05) is 6.07 Å². The lowest BCUT2D eigenvalue weighted by Crippen LogP contribution is -2.35. The number of aliphatic hydroxyl groups excluding tert-OH is 1. The standard InChI is InChI=1S/C18H24N2O6S/c1-12(20-9-10-26-15-6-4-14(21)5-7-15)18(22)13-3-8-16(25-2)17(11-13)27(19,23)24/h3-8,11-12,18,20-22H,9-10H2,1-2H3,(H2,19,23,24). The molecular formula is C18H24N2O6S. The molecule has 0 aliphatic heterocycles. The third-order valence-electron chi connectivity index (χ3n) is 3.98. The van der Waals surface area contributed by atoms with Gasteiger partial charge in [0, 0.05) is 12.6 Å². The molecule has 0 radical (unpaired) electrons. The highest BCUT2D eigenvalue weighted by Gasteiger charge is 2.21. The number of aromatic hydroxyl groups is 1. The summed E-state index contributed by atoms with van der Waals surface area (Å²) in [6.07, 6.45) is -0.954. The predicted octanol–water partition coefficient (Wildman–Crippen LogP) is 1.14. The van der Waals surface area contributed by atoms with E-state index < -0.39 is 16.1 Å². The van der Waals surface area contributed by atoms with Crippen LogP contribution in [0.4, 0.5) is 0 Å². The van der Waals surface area contributed by atoms with Crippen LogP contribution in [-0.4, -0.2) is 44.9 Å². The number of phenols is 1. The number of sulfonamides is 1. The molecule has 0 saturated carbocycles. The van der Waals surface area contributed by atoms with Gasteiger partial charge in [-0.05, 0) is 48.9 Å². The average molecular weight is 396 g/mol. The molecule has 2 rings (SSSR count). The van der Waals surface area contributed by atoms with Crippen LogP contribution in [0.5, 0.6) is 17.2 Å². The second-order valence-electron chi connectivity index (χ2n) is 5.99. The first-order chi connectivity index (χ1) is 12.7. The van der Waals surface area contributed by atoms with Crippen LogP contribution in [0.2, 0.25) is 0 Å². The number of benzene rings is 2. The number of ether oxygens (including phenoxy) is 2. The van der Waals surface area contributed by atoms with E-state index in [-0.39, 0.29) is 22.4 Å². The summed E-state index contributed by atoms with van der Waals surface area (Å²) < 4.78 is 33.9. The van der Waals surface area contributed by atoms with Crippen LogP contribution >= 0.6 is 0 Å². The Kier molecular flexibility index (Phi) is 7.03.